The van der Waals surface area contributed by atoms with Crippen molar-refractivity contribution < 1.29 is 19.4 Å². The Morgan fingerprint density at radius 2 is 2.44 bits per heavy atom. The summed E-state index contributed by atoms with van der Waals surface area (Å²) in [7, 11) is 0. The lowest BCUT2D eigenvalue weighted by molar-refractivity contribution is -0.137. The summed E-state index contributed by atoms with van der Waals surface area (Å²) in [5, 5.41) is 13.6. The van der Waals surface area contributed by atoms with Crippen LogP contribution in [0.2, 0.25) is 0 Å². The number of carboxylic acids is 1. The van der Waals surface area contributed by atoms with Crippen molar-refractivity contribution >= 4 is 23.2 Å². The fourth-order valence-electron chi connectivity index (χ4n) is 1.92. The van der Waals surface area contributed by atoms with Gasteiger partial charge in [-0.05, 0) is 17.9 Å². The van der Waals surface area contributed by atoms with E-state index >= 15 is 0 Å². The Bertz CT molecular complexity index is 412. The van der Waals surface area contributed by atoms with Gasteiger partial charge in [0.15, 0.2) is 0 Å². The maximum absolute atomic E-state index is 12.0. The molecule has 2 unspecified atom stereocenters. The van der Waals surface area contributed by atoms with Crippen molar-refractivity contribution in [2.75, 3.05) is 13.2 Å². The second-order valence-corrected chi connectivity index (χ2v) is 5.21. The predicted octanol–water partition coefficient (Wildman–Crippen LogP) is 1.42. The predicted molar refractivity (Wildman–Crippen MR) is 66.4 cm³/mol. The van der Waals surface area contributed by atoms with Crippen molar-refractivity contribution in [1.82, 2.24) is 5.32 Å². The first-order valence-corrected chi connectivity index (χ1v) is 6.68. The van der Waals surface area contributed by atoms with Crippen LogP contribution in [0.5, 0.6) is 0 Å². The van der Waals surface area contributed by atoms with Crippen LogP contribution >= 0.6 is 11.3 Å². The maximum Gasteiger partial charge on any atom is 0.305 e. The number of hydrogen-bond donors (Lipinski definition) is 2. The van der Waals surface area contributed by atoms with Gasteiger partial charge in [0.25, 0.3) is 0 Å². The highest BCUT2D eigenvalue weighted by molar-refractivity contribution is 7.10. The third kappa shape index (κ3) is 3.30. The van der Waals surface area contributed by atoms with Gasteiger partial charge in [-0.25, -0.2) is 0 Å². The third-order valence-corrected chi connectivity index (χ3v) is 3.87. The van der Waals surface area contributed by atoms with Crippen LogP contribution in [0.25, 0.3) is 0 Å². The van der Waals surface area contributed by atoms with Crippen LogP contribution in [0.15, 0.2) is 17.5 Å². The van der Waals surface area contributed by atoms with Crippen LogP contribution in [-0.2, 0) is 14.3 Å². The van der Waals surface area contributed by atoms with Gasteiger partial charge in [-0.2, -0.15) is 0 Å². The van der Waals surface area contributed by atoms with Gasteiger partial charge in [-0.3, -0.25) is 9.59 Å². The standard InChI is InChI=1S/C12H15NO4S/c14-11(15)6-9(10-2-1-5-18-10)13-12(16)8-3-4-17-7-8/h1-2,5,8-9H,3-4,6-7H2,(H,13,16)(H,14,15). The average Bonchev–Trinajstić information content (AvgIpc) is 3.01. The summed E-state index contributed by atoms with van der Waals surface area (Å²) in [6.07, 6.45) is 0.607. The smallest absolute Gasteiger partial charge is 0.305 e. The maximum atomic E-state index is 12.0. The molecule has 1 aromatic rings. The van der Waals surface area contributed by atoms with Crippen molar-refractivity contribution in [2.24, 2.45) is 5.92 Å². The van der Waals surface area contributed by atoms with Gasteiger partial charge in [0, 0.05) is 11.5 Å². The SMILES string of the molecule is O=C(O)CC(NC(=O)C1CCOC1)c1cccs1. The van der Waals surface area contributed by atoms with E-state index in [4.69, 9.17) is 9.84 Å². The molecule has 0 radical (unpaired) electrons. The third-order valence-electron chi connectivity index (χ3n) is 2.88. The molecule has 0 aromatic carbocycles. The number of carbonyl (C=O) groups is 2. The lowest BCUT2D eigenvalue weighted by Gasteiger charge is -2.17. The van der Waals surface area contributed by atoms with Gasteiger partial charge in [0.05, 0.1) is 25.0 Å². The highest BCUT2D eigenvalue weighted by Crippen LogP contribution is 2.23. The summed E-state index contributed by atoms with van der Waals surface area (Å²) >= 11 is 1.45. The van der Waals surface area contributed by atoms with Crippen molar-refractivity contribution in [3.8, 4) is 0 Å². The van der Waals surface area contributed by atoms with Crippen LogP contribution in [-0.4, -0.2) is 30.2 Å². The molecule has 0 spiro atoms. The van der Waals surface area contributed by atoms with Crippen LogP contribution in [0, 0.1) is 5.92 Å². The average molecular weight is 269 g/mol. The molecular weight excluding hydrogens is 254 g/mol. The molecule has 0 saturated carbocycles. The molecule has 2 atom stereocenters. The molecule has 5 nitrogen and oxygen atoms in total. The molecule has 1 amide bonds. The molecule has 6 heteroatoms. The van der Waals surface area contributed by atoms with Crippen molar-refractivity contribution in [1.29, 1.82) is 0 Å². The largest absolute Gasteiger partial charge is 0.481 e. The number of aliphatic carboxylic acids is 1. The number of nitrogens with one attached hydrogen (secondary N) is 1. The fraction of sp³-hybridized carbons (Fsp3) is 0.500. The second kappa shape index (κ2) is 5.97. The molecule has 1 aliphatic heterocycles. The summed E-state index contributed by atoms with van der Waals surface area (Å²) in [6, 6.07) is 3.24. The van der Waals surface area contributed by atoms with Gasteiger partial charge in [0.2, 0.25) is 5.91 Å². The van der Waals surface area contributed by atoms with E-state index in [0.717, 1.165) is 4.88 Å². The van der Waals surface area contributed by atoms with Gasteiger partial charge in [-0.1, -0.05) is 6.07 Å². The number of carbonyl (C=O) groups excluding carboxylic acids is 1. The highest BCUT2D eigenvalue weighted by Gasteiger charge is 2.27. The molecule has 18 heavy (non-hydrogen) atoms. The summed E-state index contributed by atoms with van der Waals surface area (Å²) in [4.78, 5) is 23.7. The second-order valence-electron chi connectivity index (χ2n) is 4.23. The molecule has 1 fully saturated rings. The Labute approximate surface area is 109 Å². The minimum atomic E-state index is -0.920. The topological polar surface area (TPSA) is 75.6 Å². The molecule has 1 aromatic heterocycles. The summed E-state index contributed by atoms with van der Waals surface area (Å²) < 4.78 is 5.16. The molecule has 0 aliphatic carbocycles. The molecule has 1 saturated heterocycles. The quantitative estimate of drug-likeness (QED) is 0.847. The number of hydrogen-bond acceptors (Lipinski definition) is 4. The minimum absolute atomic E-state index is 0.0974. The Morgan fingerprint density at radius 1 is 1.61 bits per heavy atom. The lowest BCUT2D eigenvalue weighted by Crippen LogP contribution is -2.35. The van der Waals surface area contributed by atoms with E-state index in [0.29, 0.717) is 19.6 Å². The number of ether oxygens (including phenoxy) is 1. The zero-order valence-corrected chi connectivity index (χ0v) is 10.6. The number of carboxylic acid groups (broad SMARTS) is 1. The van der Waals surface area contributed by atoms with E-state index in [-0.39, 0.29) is 18.2 Å². The summed E-state index contributed by atoms with van der Waals surface area (Å²) in [5.41, 5.74) is 0. The van der Waals surface area contributed by atoms with E-state index in [1.54, 1.807) is 0 Å². The Balaban J connectivity index is 2.00. The summed E-state index contributed by atoms with van der Waals surface area (Å²) in [5.74, 6) is -1.19. The van der Waals surface area contributed by atoms with E-state index in [1.165, 1.54) is 11.3 Å². The first kappa shape index (κ1) is 13.0. The van der Waals surface area contributed by atoms with Crippen LogP contribution in [0.1, 0.15) is 23.8 Å². The van der Waals surface area contributed by atoms with Gasteiger partial charge in [-0.15, -0.1) is 11.3 Å². The Hall–Kier alpha value is -1.40. The van der Waals surface area contributed by atoms with Gasteiger partial charge < -0.3 is 15.2 Å². The molecule has 1 aliphatic rings. The van der Waals surface area contributed by atoms with Crippen molar-refractivity contribution in [2.45, 2.75) is 18.9 Å². The van der Waals surface area contributed by atoms with E-state index in [1.807, 2.05) is 17.5 Å². The van der Waals surface area contributed by atoms with Crippen molar-refractivity contribution in [3.05, 3.63) is 22.4 Å². The van der Waals surface area contributed by atoms with Crippen LogP contribution < -0.4 is 5.32 Å². The highest BCUT2D eigenvalue weighted by atomic mass is 32.1. The number of amides is 1. The first-order valence-electron chi connectivity index (χ1n) is 5.80. The van der Waals surface area contributed by atoms with Crippen LogP contribution in [0.4, 0.5) is 0 Å². The van der Waals surface area contributed by atoms with Gasteiger partial charge in [0.1, 0.15) is 0 Å². The fourth-order valence-corrected chi connectivity index (χ4v) is 2.70. The zero-order chi connectivity index (χ0) is 13.0. The number of thiophene rings is 1. The van der Waals surface area contributed by atoms with Crippen LogP contribution in [0.3, 0.4) is 0 Å². The van der Waals surface area contributed by atoms with E-state index in [9.17, 15) is 9.59 Å². The Kier molecular flexibility index (Phi) is 4.33. The van der Waals surface area contributed by atoms with E-state index < -0.39 is 12.0 Å². The molecular formula is C12H15NO4S. The molecule has 2 heterocycles. The Morgan fingerprint density at radius 3 is 3.00 bits per heavy atom. The monoisotopic (exact) mass is 269 g/mol. The zero-order valence-electron chi connectivity index (χ0n) is 9.80. The van der Waals surface area contributed by atoms with E-state index in [2.05, 4.69) is 5.32 Å². The summed E-state index contributed by atoms with van der Waals surface area (Å²) in [6.45, 7) is 1.02. The normalized spacial score (nSPS) is 20.6. The number of rotatable bonds is 5. The van der Waals surface area contributed by atoms with Gasteiger partial charge >= 0.3 is 5.97 Å². The molecule has 0 bridgehead atoms. The molecule has 2 N–H and O–H groups in total. The van der Waals surface area contributed by atoms with Crippen molar-refractivity contribution in [3.63, 3.8) is 0 Å². The lowest BCUT2D eigenvalue weighted by atomic mass is 10.1. The first-order chi connectivity index (χ1) is 8.66. The molecule has 98 valence electrons. The minimum Gasteiger partial charge on any atom is -0.481 e. The molecule has 2 rings (SSSR count).